The first-order valence-electron chi connectivity index (χ1n) is 6.53. The summed E-state index contributed by atoms with van der Waals surface area (Å²) in [6.07, 6.45) is 0. The Morgan fingerprint density at radius 3 is 2.25 bits per heavy atom. The van der Waals surface area contributed by atoms with Gasteiger partial charge in [0.05, 0.1) is 13.1 Å². The zero-order valence-corrected chi connectivity index (χ0v) is 13.7. The molecule has 1 nitrogen and oxygen atoms in total. The van der Waals surface area contributed by atoms with E-state index in [1.807, 2.05) is 0 Å². The molecule has 0 fully saturated rings. The Balaban J connectivity index is 2.02. The first-order valence-corrected chi connectivity index (χ1v) is 10.4. The predicted molar refractivity (Wildman–Crippen MR) is 85.2 cm³/mol. The zero-order chi connectivity index (χ0) is 14.8. The van der Waals surface area contributed by atoms with E-state index in [9.17, 15) is 4.39 Å². The van der Waals surface area contributed by atoms with Gasteiger partial charge in [-0.1, -0.05) is 60.7 Å². The van der Waals surface area contributed by atoms with Crippen LogP contribution >= 0.6 is 11.6 Å². The summed E-state index contributed by atoms with van der Waals surface area (Å²) in [4.78, 5) is 0. The highest BCUT2D eigenvalue weighted by molar-refractivity contribution is 6.88. The molecule has 4 heteroatoms. The average Bonchev–Trinajstić information content (AvgIpc) is 2.40. The minimum absolute atomic E-state index is 0.108. The third kappa shape index (κ3) is 3.84. The maximum Gasteiger partial charge on any atom is 0.145 e. The van der Waals surface area contributed by atoms with E-state index in [4.69, 9.17) is 16.3 Å². The van der Waals surface area contributed by atoms with Crippen molar-refractivity contribution in [2.24, 2.45) is 0 Å². The molecule has 106 valence electrons. The van der Waals surface area contributed by atoms with E-state index in [0.717, 1.165) is 5.56 Å². The van der Waals surface area contributed by atoms with E-state index in [1.165, 1.54) is 17.3 Å². The average molecular weight is 309 g/mol. The molecule has 0 radical (unpaired) electrons. The van der Waals surface area contributed by atoms with Gasteiger partial charge in [-0.25, -0.2) is 4.39 Å². The molecule has 0 N–H and O–H groups in total. The van der Waals surface area contributed by atoms with E-state index in [0.29, 0.717) is 12.4 Å². The van der Waals surface area contributed by atoms with Crippen molar-refractivity contribution in [3.05, 3.63) is 58.9 Å². The standard InChI is InChI=1S/C16H18ClFOSi/c1-20(2,3)14-7-4-12(5-8-14)11-19-13-6-9-15(17)16(18)10-13/h4-10H,11H2,1-3H3. The molecule has 20 heavy (non-hydrogen) atoms. The Hall–Kier alpha value is -1.32. The molecule has 0 aliphatic heterocycles. The van der Waals surface area contributed by atoms with Crippen molar-refractivity contribution < 1.29 is 9.13 Å². The van der Waals surface area contributed by atoms with Crippen LogP contribution in [0, 0.1) is 5.82 Å². The van der Waals surface area contributed by atoms with Gasteiger partial charge in [-0.3, -0.25) is 0 Å². The quantitative estimate of drug-likeness (QED) is 0.750. The van der Waals surface area contributed by atoms with E-state index in [2.05, 4.69) is 43.9 Å². The first kappa shape index (κ1) is 15.1. The second-order valence-corrected chi connectivity index (χ2v) is 11.3. The fraction of sp³-hybridized carbons (Fsp3) is 0.250. The summed E-state index contributed by atoms with van der Waals surface area (Å²) in [5.74, 6) is 0.0272. The van der Waals surface area contributed by atoms with Crippen LogP contribution in [0.5, 0.6) is 5.75 Å². The fourth-order valence-corrected chi connectivity index (χ4v) is 3.12. The van der Waals surface area contributed by atoms with Crippen LogP contribution in [-0.4, -0.2) is 8.07 Å². The molecule has 0 saturated heterocycles. The molecule has 0 atom stereocenters. The minimum Gasteiger partial charge on any atom is -0.489 e. The molecule has 2 rings (SSSR count). The van der Waals surface area contributed by atoms with Crippen molar-refractivity contribution in [3.8, 4) is 5.75 Å². The van der Waals surface area contributed by atoms with Crippen LogP contribution in [0.3, 0.4) is 0 Å². The number of rotatable bonds is 4. The van der Waals surface area contributed by atoms with Gasteiger partial charge >= 0.3 is 0 Å². The lowest BCUT2D eigenvalue weighted by molar-refractivity contribution is 0.304. The number of hydrogen-bond donors (Lipinski definition) is 0. The minimum atomic E-state index is -1.26. The predicted octanol–water partition coefficient (Wildman–Crippen LogP) is 4.60. The van der Waals surface area contributed by atoms with Crippen LogP contribution in [0.1, 0.15) is 5.56 Å². The summed E-state index contributed by atoms with van der Waals surface area (Å²) in [6.45, 7) is 7.37. The van der Waals surface area contributed by atoms with Gasteiger partial charge in [0.15, 0.2) is 0 Å². The number of hydrogen-bond acceptors (Lipinski definition) is 1. The van der Waals surface area contributed by atoms with Crippen molar-refractivity contribution in [3.63, 3.8) is 0 Å². The molecule has 0 aromatic heterocycles. The fourth-order valence-electron chi connectivity index (χ4n) is 1.83. The van der Waals surface area contributed by atoms with Crippen molar-refractivity contribution in [1.29, 1.82) is 0 Å². The summed E-state index contributed by atoms with van der Waals surface area (Å²) < 4.78 is 18.8. The Morgan fingerprint density at radius 2 is 1.70 bits per heavy atom. The second-order valence-electron chi connectivity index (χ2n) is 5.81. The monoisotopic (exact) mass is 308 g/mol. The largest absolute Gasteiger partial charge is 0.489 e. The highest BCUT2D eigenvalue weighted by Crippen LogP contribution is 2.21. The lowest BCUT2D eigenvalue weighted by atomic mass is 10.2. The van der Waals surface area contributed by atoms with Gasteiger partial charge in [0.2, 0.25) is 0 Å². The van der Waals surface area contributed by atoms with Crippen LogP contribution in [0.4, 0.5) is 4.39 Å². The first-order chi connectivity index (χ1) is 9.36. The highest BCUT2D eigenvalue weighted by atomic mass is 35.5. The van der Waals surface area contributed by atoms with Gasteiger partial charge in [-0.05, 0) is 17.7 Å². The highest BCUT2D eigenvalue weighted by Gasteiger charge is 2.15. The van der Waals surface area contributed by atoms with Gasteiger partial charge in [-0.2, -0.15) is 0 Å². The summed E-state index contributed by atoms with van der Waals surface area (Å²) >= 11 is 5.63. The molecule has 2 aromatic carbocycles. The zero-order valence-electron chi connectivity index (χ0n) is 11.9. The Labute approximate surface area is 125 Å². The lowest BCUT2D eigenvalue weighted by Crippen LogP contribution is -2.37. The maximum atomic E-state index is 13.3. The van der Waals surface area contributed by atoms with Gasteiger partial charge in [0, 0.05) is 6.07 Å². The molecule has 0 bridgehead atoms. The van der Waals surface area contributed by atoms with E-state index < -0.39 is 13.9 Å². The normalized spacial score (nSPS) is 11.4. The van der Waals surface area contributed by atoms with Crippen LogP contribution in [0.15, 0.2) is 42.5 Å². The molecule has 0 unspecified atom stereocenters. The molecule has 0 spiro atoms. The molecule has 0 amide bonds. The number of ether oxygens (including phenoxy) is 1. The summed E-state index contributed by atoms with van der Waals surface area (Å²) in [5.41, 5.74) is 1.07. The number of halogens is 2. The Kier molecular flexibility index (Phi) is 4.51. The van der Waals surface area contributed by atoms with Crippen LogP contribution in [-0.2, 0) is 6.61 Å². The molecule has 0 heterocycles. The van der Waals surface area contributed by atoms with Crippen LogP contribution < -0.4 is 9.92 Å². The van der Waals surface area contributed by atoms with Gasteiger partial charge < -0.3 is 4.74 Å². The molecule has 2 aromatic rings. The molecule has 0 saturated carbocycles. The summed E-state index contributed by atoms with van der Waals surface area (Å²) in [7, 11) is -1.26. The molecular formula is C16H18ClFOSi. The third-order valence-electron chi connectivity index (χ3n) is 3.12. The van der Waals surface area contributed by atoms with Crippen LogP contribution in [0.2, 0.25) is 24.7 Å². The molecule has 0 aliphatic rings. The van der Waals surface area contributed by atoms with Crippen molar-refractivity contribution in [2.45, 2.75) is 26.2 Å². The lowest BCUT2D eigenvalue weighted by Gasteiger charge is -2.16. The van der Waals surface area contributed by atoms with E-state index in [-0.39, 0.29) is 5.02 Å². The SMILES string of the molecule is C[Si](C)(C)c1ccc(COc2ccc(Cl)c(F)c2)cc1. The summed E-state index contributed by atoms with van der Waals surface area (Å²) in [5, 5.41) is 1.52. The van der Waals surface area contributed by atoms with E-state index in [1.54, 1.807) is 6.07 Å². The third-order valence-corrected chi connectivity index (χ3v) is 5.49. The summed E-state index contributed by atoms with van der Waals surface area (Å²) in [6, 6.07) is 12.9. The Morgan fingerprint density at radius 1 is 1.05 bits per heavy atom. The topological polar surface area (TPSA) is 9.23 Å². The van der Waals surface area contributed by atoms with Crippen LogP contribution in [0.25, 0.3) is 0 Å². The van der Waals surface area contributed by atoms with Crippen molar-refractivity contribution in [2.75, 3.05) is 0 Å². The second kappa shape index (κ2) is 5.98. The van der Waals surface area contributed by atoms with E-state index >= 15 is 0 Å². The van der Waals surface area contributed by atoms with Crippen molar-refractivity contribution in [1.82, 2.24) is 0 Å². The Bertz CT molecular complexity index is 590. The van der Waals surface area contributed by atoms with Gasteiger partial charge in [0.25, 0.3) is 0 Å². The van der Waals surface area contributed by atoms with Crippen molar-refractivity contribution >= 4 is 24.9 Å². The van der Waals surface area contributed by atoms with Gasteiger partial charge in [-0.15, -0.1) is 0 Å². The van der Waals surface area contributed by atoms with Gasteiger partial charge in [0.1, 0.15) is 18.2 Å². The smallest absolute Gasteiger partial charge is 0.145 e. The molecule has 0 aliphatic carbocycles. The molecular weight excluding hydrogens is 291 g/mol. The number of benzene rings is 2. The maximum absolute atomic E-state index is 13.3.